The van der Waals surface area contributed by atoms with Gasteiger partial charge in [-0.05, 0) is 13.1 Å². The second-order valence-corrected chi connectivity index (χ2v) is 5.65. The van der Waals surface area contributed by atoms with Gasteiger partial charge in [-0.2, -0.15) is 0 Å². The summed E-state index contributed by atoms with van der Waals surface area (Å²) in [6.45, 7) is 7.28. The Morgan fingerprint density at radius 1 is 1.24 bits per heavy atom. The Kier molecular flexibility index (Phi) is 4.03. The minimum Gasteiger partial charge on any atom is -0.374 e. The zero-order chi connectivity index (χ0) is 12.3. The van der Waals surface area contributed by atoms with Crippen molar-refractivity contribution in [3.05, 3.63) is 11.2 Å². The van der Waals surface area contributed by atoms with Gasteiger partial charge in [-0.1, -0.05) is 25.2 Å². The number of hydrogen-bond donors (Lipinski definition) is 1. The van der Waals surface area contributed by atoms with Gasteiger partial charge >= 0.3 is 0 Å². The van der Waals surface area contributed by atoms with Gasteiger partial charge in [-0.3, -0.25) is 4.90 Å². The largest absolute Gasteiger partial charge is 0.374 e. The second kappa shape index (κ2) is 5.52. The Hall–Kier alpha value is -1.05. The highest BCUT2D eigenvalue weighted by atomic mass is 32.1. The van der Waals surface area contributed by atoms with Gasteiger partial charge in [0.15, 0.2) is 5.01 Å². The molecule has 2 N–H and O–H groups in total. The molecule has 0 fully saturated rings. The summed E-state index contributed by atoms with van der Waals surface area (Å²) in [5, 5.41) is 10.3. The molecule has 0 aliphatic carbocycles. The minimum absolute atomic E-state index is 0.499. The second-order valence-electron chi connectivity index (χ2n) is 3.53. The van der Waals surface area contributed by atoms with Gasteiger partial charge in [0.2, 0.25) is 5.13 Å². The molecule has 0 aliphatic heterocycles. The van der Waals surface area contributed by atoms with Crippen molar-refractivity contribution in [3.8, 4) is 9.88 Å². The van der Waals surface area contributed by atoms with Crippen LogP contribution in [-0.2, 0) is 6.54 Å². The average molecular weight is 269 g/mol. The van der Waals surface area contributed by atoms with Crippen molar-refractivity contribution in [1.82, 2.24) is 20.1 Å². The van der Waals surface area contributed by atoms with Crippen LogP contribution < -0.4 is 5.73 Å². The number of anilines is 1. The van der Waals surface area contributed by atoms with E-state index in [-0.39, 0.29) is 0 Å². The monoisotopic (exact) mass is 269 g/mol. The molecule has 2 aromatic rings. The zero-order valence-corrected chi connectivity index (χ0v) is 11.5. The maximum absolute atomic E-state index is 5.57. The number of nitrogens with zero attached hydrogens (tertiary/aromatic N) is 4. The fourth-order valence-corrected chi connectivity index (χ4v) is 3.06. The Morgan fingerprint density at radius 3 is 2.59 bits per heavy atom. The smallest absolute Gasteiger partial charge is 0.203 e. The van der Waals surface area contributed by atoms with Crippen LogP contribution in [0.5, 0.6) is 0 Å². The van der Waals surface area contributed by atoms with Crippen LogP contribution in [0.15, 0.2) is 6.20 Å². The third-order valence-electron chi connectivity index (χ3n) is 2.46. The Morgan fingerprint density at radius 2 is 2.00 bits per heavy atom. The van der Waals surface area contributed by atoms with Crippen LogP contribution in [-0.4, -0.2) is 33.2 Å². The van der Waals surface area contributed by atoms with Crippen molar-refractivity contribution in [2.24, 2.45) is 0 Å². The number of aromatic nitrogens is 3. The first-order valence-electron chi connectivity index (χ1n) is 5.49. The van der Waals surface area contributed by atoms with E-state index in [1.165, 1.54) is 11.3 Å². The van der Waals surface area contributed by atoms with Crippen molar-refractivity contribution >= 4 is 27.8 Å². The van der Waals surface area contributed by atoms with E-state index in [1.54, 1.807) is 11.3 Å². The fourth-order valence-electron chi connectivity index (χ4n) is 1.45. The highest BCUT2D eigenvalue weighted by Crippen LogP contribution is 2.29. The molecule has 5 nitrogen and oxygen atoms in total. The molecule has 0 spiro atoms. The molecule has 0 saturated carbocycles. The number of nitrogens with two attached hydrogens (primary N) is 1. The lowest BCUT2D eigenvalue weighted by molar-refractivity contribution is 0.295. The Balaban J connectivity index is 2.10. The molecule has 0 unspecified atom stereocenters. The van der Waals surface area contributed by atoms with E-state index in [0.29, 0.717) is 5.13 Å². The van der Waals surface area contributed by atoms with Crippen LogP contribution in [0.4, 0.5) is 5.13 Å². The van der Waals surface area contributed by atoms with Crippen LogP contribution in [0, 0.1) is 0 Å². The SMILES string of the molecule is CCN(CC)Cc1ncc(-c2nnc(N)s2)s1. The van der Waals surface area contributed by atoms with Gasteiger partial charge in [-0.25, -0.2) is 4.98 Å². The van der Waals surface area contributed by atoms with Crippen molar-refractivity contribution in [2.75, 3.05) is 18.8 Å². The lowest BCUT2D eigenvalue weighted by Crippen LogP contribution is -2.21. The maximum Gasteiger partial charge on any atom is 0.203 e. The molecular weight excluding hydrogens is 254 g/mol. The lowest BCUT2D eigenvalue weighted by atomic mass is 10.5. The van der Waals surface area contributed by atoms with Crippen molar-refractivity contribution in [3.63, 3.8) is 0 Å². The van der Waals surface area contributed by atoms with Crippen molar-refractivity contribution in [1.29, 1.82) is 0 Å². The van der Waals surface area contributed by atoms with E-state index >= 15 is 0 Å². The summed E-state index contributed by atoms with van der Waals surface area (Å²) >= 11 is 3.05. The summed E-state index contributed by atoms with van der Waals surface area (Å²) in [7, 11) is 0. The number of hydrogen-bond acceptors (Lipinski definition) is 7. The van der Waals surface area contributed by atoms with Gasteiger partial charge in [-0.15, -0.1) is 21.5 Å². The van der Waals surface area contributed by atoms with Crippen LogP contribution >= 0.6 is 22.7 Å². The highest BCUT2D eigenvalue weighted by Gasteiger charge is 2.10. The van der Waals surface area contributed by atoms with E-state index in [1.807, 2.05) is 6.20 Å². The number of thiazole rings is 1. The van der Waals surface area contributed by atoms with Crippen LogP contribution in [0.3, 0.4) is 0 Å². The lowest BCUT2D eigenvalue weighted by Gasteiger charge is -2.15. The molecule has 0 atom stereocenters. The molecule has 2 rings (SSSR count). The molecule has 17 heavy (non-hydrogen) atoms. The molecule has 92 valence electrons. The summed E-state index contributed by atoms with van der Waals surface area (Å²) in [5.41, 5.74) is 5.57. The molecule has 0 saturated heterocycles. The standard InChI is InChI=1S/C10H15N5S2/c1-3-15(4-2)6-8-12-5-7(16-8)9-13-14-10(11)17-9/h5H,3-4,6H2,1-2H3,(H2,11,14). The predicted octanol–water partition coefficient (Wildman–Crippen LogP) is 2.09. The molecule has 0 radical (unpaired) electrons. The van der Waals surface area contributed by atoms with Gasteiger partial charge in [0.1, 0.15) is 5.01 Å². The quantitative estimate of drug-likeness (QED) is 0.900. The average Bonchev–Trinajstić information content (AvgIpc) is 2.94. The first-order valence-corrected chi connectivity index (χ1v) is 7.12. The molecule has 0 aromatic carbocycles. The molecule has 7 heteroatoms. The normalized spacial score (nSPS) is 11.2. The fraction of sp³-hybridized carbons (Fsp3) is 0.500. The predicted molar refractivity (Wildman–Crippen MR) is 72.1 cm³/mol. The number of nitrogen functional groups attached to an aromatic ring is 1. The van der Waals surface area contributed by atoms with Crippen LogP contribution in [0.25, 0.3) is 9.88 Å². The maximum atomic E-state index is 5.57. The van der Waals surface area contributed by atoms with E-state index in [0.717, 1.165) is 34.5 Å². The first kappa shape index (κ1) is 12.4. The summed E-state index contributed by atoms with van der Waals surface area (Å²) in [6.07, 6.45) is 1.85. The minimum atomic E-state index is 0.499. The number of rotatable bonds is 5. The van der Waals surface area contributed by atoms with Gasteiger partial charge < -0.3 is 5.73 Å². The molecule has 0 bridgehead atoms. The zero-order valence-electron chi connectivity index (χ0n) is 9.88. The van der Waals surface area contributed by atoms with Gasteiger partial charge in [0.25, 0.3) is 0 Å². The van der Waals surface area contributed by atoms with E-state index < -0.39 is 0 Å². The Labute approximate surface area is 108 Å². The van der Waals surface area contributed by atoms with Crippen molar-refractivity contribution < 1.29 is 0 Å². The van der Waals surface area contributed by atoms with Gasteiger partial charge in [0.05, 0.1) is 11.4 Å². The molecule has 2 heterocycles. The summed E-state index contributed by atoms with van der Waals surface area (Å²) in [4.78, 5) is 7.79. The molecule has 0 amide bonds. The summed E-state index contributed by atoms with van der Waals surface area (Å²) in [6, 6.07) is 0. The van der Waals surface area contributed by atoms with Crippen LogP contribution in [0.1, 0.15) is 18.9 Å². The van der Waals surface area contributed by atoms with Crippen LogP contribution in [0.2, 0.25) is 0 Å². The highest BCUT2D eigenvalue weighted by molar-refractivity contribution is 7.23. The van der Waals surface area contributed by atoms with E-state index in [2.05, 4.69) is 33.9 Å². The first-order chi connectivity index (χ1) is 8.22. The molecule has 2 aromatic heterocycles. The third kappa shape index (κ3) is 2.99. The third-order valence-corrected chi connectivity index (χ3v) is 4.36. The van der Waals surface area contributed by atoms with Crippen molar-refractivity contribution in [2.45, 2.75) is 20.4 Å². The molecule has 0 aliphatic rings. The topological polar surface area (TPSA) is 67.9 Å². The Bertz CT molecular complexity index is 475. The van der Waals surface area contributed by atoms with E-state index in [9.17, 15) is 0 Å². The summed E-state index contributed by atoms with van der Waals surface area (Å²) < 4.78 is 0. The molecular formula is C10H15N5S2. The summed E-state index contributed by atoms with van der Waals surface area (Å²) in [5.74, 6) is 0. The van der Waals surface area contributed by atoms with E-state index in [4.69, 9.17) is 5.73 Å². The van der Waals surface area contributed by atoms with Gasteiger partial charge in [0, 0.05) is 6.20 Å².